The van der Waals surface area contributed by atoms with Crippen LogP contribution in [0.25, 0.3) is 11.4 Å². The van der Waals surface area contributed by atoms with Crippen LogP contribution >= 0.6 is 11.8 Å². The van der Waals surface area contributed by atoms with Gasteiger partial charge in [0.25, 0.3) is 0 Å². The first-order valence-electron chi connectivity index (χ1n) is 8.98. The van der Waals surface area contributed by atoms with Gasteiger partial charge in [0.05, 0.1) is 14.2 Å². The number of hydrogen-bond donors (Lipinski definition) is 0. The van der Waals surface area contributed by atoms with Gasteiger partial charge in [-0.3, -0.25) is 4.79 Å². The van der Waals surface area contributed by atoms with E-state index in [1.165, 1.54) is 24.4 Å². The minimum atomic E-state index is -0.367. The van der Waals surface area contributed by atoms with Crippen molar-refractivity contribution in [3.63, 3.8) is 0 Å². The van der Waals surface area contributed by atoms with Crippen LogP contribution in [0.1, 0.15) is 12.5 Å². The van der Waals surface area contributed by atoms with Crippen molar-refractivity contribution in [2.45, 2.75) is 30.3 Å². The molecule has 1 atom stereocenters. The number of hydrogen-bond acceptors (Lipinski definition) is 6. The van der Waals surface area contributed by atoms with E-state index in [9.17, 15) is 4.79 Å². The van der Waals surface area contributed by atoms with E-state index < -0.39 is 0 Å². The monoisotopic (exact) mass is 397 g/mol. The van der Waals surface area contributed by atoms with Gasteiger partial charge >= 0.3 is 5.97 Å². The first-order valence-corrected chi connectivity index (χ1v) is 9.86. The molecule has 0 fully saturated rings. The molecule has 0 N–H and O–H groups in total. The smallest absolute Gasteiger partial charge is 0.318 e. The number of nitrogens with zero attached hydrogens (tertiary/aromatic N) is 3. The van der Waals surface area contributed by atoms with Crippen molar-refractivity contribution in [1.29, 1.82) is 0 Å². The van der Waals surface area contributed by atoms with Crippen LogP contribution in [0.4, 0.5) is 0 Å². The minimum absolute atomic E-state index is 0.284. The summed E-state index contributed by atoms with van der Waals surface area (Å²) < 4.78 is 12.1. The quantitative estimate of drug-likeness (QED) is 0.425. The summed E-state index contributed by atoms with van der Waals surface area (Å²) in [5.74, 6) is 1.26. The van der Waals surface area contributed by atoms with Crippen molar-refractivity contribution in [1.82, 2.24) is 14.8 Å². The Balaban J connectivity index is 1.90. The Morgan fingerprint density at radius 3 is 2.43 bits per heavy atom. The second kappa shape index (κ2) is 9.41. The van der Waals surface area contributed by atoms with Gasteiger partial charge in [-0.25, -0.2) is 0 Å². The van der Waals surface area contributed by atoms with Crippen LogP contribution < -0.4 is 4.74 Å². The predicted octanol–water partition coefficient (Wildman–Crippen LogP) is 3.85. The van der Waals surface area contributed by atoms with E-state index >= 15 is 0 Å². The van der Waals surface area contributed by atoms with E-state index in [0.29, 0.717) is 11.7 Å². The molecule has 0 aliphatic rings. The van der Waals surface area contributed by atoms with Crippen molar-refractivity contribution >= 4 is 17.7 Å². The first-order chi connectivity index (χ1) is 13.6. The minimum Gasteiger partial charge on any atom is -0.497 e. The van der Waals surface area contributed by atoms with E-state index in [1.54, 1.807) is 14.0 Å². The third kappa shape index (κ3) is 4.72. The maximum Gasteiger partial charge on any atom is 0.318 e. The van der Waals surface area contributed by atoms with Gasteiger partial charge in [0.15, 0.2) is 11.0 Å². The molecule has 0 unspecified atom stereocenters. The molecule has 0 amide bonds. The summed E-state index contributed by atoms with van der Waals surface area (Å²) in [6.45, 7) is 2.51. The summed E-state index contributed by atoms with van der Waals surface area (Å²) in [6.07, 6.45) is 0.836. The normalized spacial score (nSPS) is 11.8. The zero-order chi connectivity index (χ0) is 19.9. The molecular formula is C21H23N3O3S. The second-order valence-electron chi connectivity index (χ2n) is 6.21. The van der Waals surface area contributed by atoms with Gasteiger partial charge in [-0.1, -0.05) is 42.1 Å². The number of esters is 1. The molecule has 1 aromatic heterocycles. The van der Waals surface area contributed by atoms with Gasteiger partial charge in [0.1, 0.15) is 11.0 Å². The molecule has 1 heterocycles. The number of thioether (sulfide) groups is 1. The van der Waals surface area contributed by atoms with Crippen LogP contribution in [0.15, 0.2) is 59.8 Å². The number of carbonyl (C=O) groups excluding carboxylic acids is 1. The van der Waals surface area contributed by atoms with E-state index in [4.69, 9.17) is 9.47 Å². The van der Waals surface area contributed by atoms with E-state index in [-0.39, 0.29) is 11.2 Å². The third-order valence-corrected chi connectivity index (χ3v) is 5.41. The molecule has 2 aromatic carbocycles. The Labute approximate surface area is 168 Å². The van der Waals surface area contributed by atoms with Crippen molar-refractivity contribution < 1.29 is 14.3 Å². The number of aryl methyl sites for hydroxylation is 1. The summed E-state index contributed by atoms with van der Waals surface area (Å²) in [7, 11) is 3.03. The van der Waals surface area contributed by atoms with Crippen LogP contribution in [0, 0.1) is 0 Å². The van der Waals surface area contributed by atoms with Crippen molar-refractivity contribution in [3.8, 4) is 17.1 Å². The number of aromatic nitrogens is 3. The molecule has 0 spiro atoms. The van der Waals surface area contributed by atoms with E-state index in [2.05, 4.69) is 26.9 Å². The maximum absolute atomic E-state index is 11.8. The zero-order valence-electron chi connectivity index (χ0n) is 16.2. The number of ether oxygens (including phenoxy) is 2. The fourth-order valence-corrected chi connectivity index (χ4v) is 3.69. The molecule has 7 heteroatoms. The predicted molar refractivity (Wildman–Crippen MR) is 109 cm³/mol. The van der Waals surface area contributed by atoms with Crippen molar-refractivity contribution in [2.75, 3.05) is 14.2 Å². The summed E-state index contributed by atoms with van der Waals surface area (Å²) in [5.41, 5.74) is 2.17. The van der Waals surface area contributed by atoms with Gasteiger partial charge in [-0.15, -0.1) is 10.2 Å². The Morgan fingerprint density at radius 2 is 1.79 bits per heavy atom. The summed E-state index contributed by atoms with van der Waals surface area (Å²) in [6, 6.07) is 18.0. The van der Waals surface area contributed by atoms with Crippen molar-refractivity contribution in [2.24, 2.45) is 0 Å². The average molecular weight is 398 g/mol. The lowest BCUT2D eigenvalue weighted by Gasteiger charge is -2.13. The molecule has 0 radical (unpaired) electrons. The lowest BCUT2D eigenvalue weighted by atomic mass is 10.1. The van der Waals surface area contributed by atoms with Crippen molar-refractivity contribution in [3.05, 3.63) is 60.2 Å². The molecule has 3 rings (SSSR count). The Hall–Kier alpha value is -2.80. The lowest BCUT2D eigenvalue weighted by Crippen LogP contribution is -2.16. The zero-order valence-corrected chi connectivity index (χ0v) is 17.0. The Morgan fingerprint density at radius 1 is 1.07 bits per heavy atom. The van der Waals surface area contributed by atoms with Gasteiger partial charge in [0, 0.05) is 12.1 Å². The fourth-order valence-electron chi connectivity index (χ4n) is 2.79. The number of rotatable bonds is 8. The second-order valence-corrected chi connectivity index (χ2v) is 7.51. The SMILES string of the molecule is COC(=O)[C@@H](C)Sc1nnc(-c2ccc(OC)cc2)n1CCc1ccccc1. The molecule has 3 aromatic rings. The van der Waals surface area contributed by atoms with Gasteiger partial charge < -0.3 is 14.0 Å². The van der Waals surface area contributed by atoms with Crippen LogP contribution in [-0.4, -0.2) is 40.2 Å². The van der Waals surface area contributed by atoms with Crippen LogP contribution in [0.2, 0.25) is 0 Å². The van der Waals surface area contributed by atoms with Gasteiger partial charge in [0.2, 0.25) is 0 Å². The fraction of sp³-hybridized carbons (Fsp3) is 0.286. The lowest BCUT2D eigenvalue weighted by molar-refractivity contribution is -0.139. The van der Waals surface area contributed by atoms with Crippen LogP contribution in [0.5, 0.6) is 5.75 Å². The van der Waals surface area contributed by atoms with E-state index in [1.807, 2.05) is 42.5 Å². The Kier molecular flexibility index (Phi) is 6.71. The molecule has 0 aliphatic carbocycles. The van der Waals surface area contributed by atoms with Crippen LogP contribution in [0.3, 0.4) is 0 Å². The highest BCUT2D eigenvalue weighted by Crippen LogP contribution is 2.28. The molecule has 28 heavy (non-hydrogen) atoms. The maximum atomic E-state index is 11.8. The number of methoxy groups -OCH3 is 2. The highest BCUT2D eigenvalue weighted by Gasteiger charge is 2.21. The number of carbonyl (C=O) groups is 1. The van der Waals surface area contributed by atoms with Gasteiger partial charge in [-0.05, 0) is 43.2 Å². The summed E-state index contributed by atoms with van der Waals surface area (Å²) in [4.78, 5) is 11.8. The highest BCUT2D eigenvalue weighted by atomic mass is 32.2. The van der Waals surface area contributed by atoms with E-state index in [0.717, 1.165) is 23.6 Å². The van der Waals surface area contributed by atoms with Gasteiger partial charge in [-0.2, -0.15) is 0 Å². The summed E-state index contributed by atoms with van der Waals surface area (Å²) in [5, 5.41) is 9.06. The number of benzene rings is 2. The molecule has 0 aliphatic heterocycles. The first kappa shape index (κ1) is 19.9. The summed E-state index contributed by atoms with van der Waals surface area (Å²) >= 11 is 1.35. The Bertz CT molecular complexity index is 910. The van der Waals surface area contributed by atoms with Crippen LogP contribution in [-0.2, 0) is 22.5 Å². The molecular weight excluding hydrogens is 374 g/mol. The molecule has 0 saturated heterocycles. The molecule has 0 saturated carbocycles. The largest absolute Gasteiger partial charge is 0.497 e. The topological polar surface area (TPSA) is 66.2 Å². The standard InChI is InChI=1S/C21H23N3O3S/c1-15(20(25)27-3)28-21-23-22-19(17-9-11-18(26-2)12-10-17)24(21)14-13-16-7-5-4-6-8-16/h4-12,15H,13-14H2,1-3H3/t15-/m1/s1. The molecule has 6 nitrogen and oxygen atoms in total. The highest BCUT2D eigenvalue weighted by molar-refractivity contribution is 8.00. The third-order valence-electron chi connectivity index (χ3n) is 4.35. The average Bonchev–Trinajstić information content (AvgIpc) is 3.14. The molecule has 146 valence electrons. The molecule has 0 bridgehead atoms.